The maximum atomic E-state index is 12.2. The van der Waals surface area contributed by atoms with Gasteiger partial charge in [-0.3, -0.25) is 14.9 Å². The summed E-state index contributed by atoms with van der Waals surface area (Å²) in [6, 6.07) is 4.30. The Hall–Kier alpha value is -1.96. The number of nitro benzene ring substituents is 1. The normalized spacial score (nSPS) is 12.7. The fourth-order valence-corrected chi connectivity index (χ4v) is 3.25. The van der Waals surface area contributed by atoms with Gasteiger partial charge in [0.15, 0.2) is 9.84 Å². The molecule has 1 atom stereocenters. The van der Waals surface area contributed by atoms with Crippen molar-refractivity contribution in [2.75, 3.05) is 7.11 Å². The summed E-state index contributed by atoms with van der Waals surface area (Å²) in [6.07, 6.45) is -0.243. The second kappa shape index (κ2) is 6.66. The van der Waals surface area contributed by atoms with Gasteiger partial charge in [-0.15, -0.1) is 0 Å². The van der Waals surface area contributed by atoms with Gasteiger partial charge in [0.1, 0.15) is 0 Å². The molecular weight excluding hydrogens is 298 g/mol. The number of hydrogen-bond acceptors (Lipinski definition) is 6. The first-order chi connectivity index (χ1) is 9.69. The average Bonchev–Trinajstić information content (AvgIpc) is 2.40. The number of sulfone groups is 1. The van der Waals surface area contributed by atoms with Gasteiger partial charge in [0.25, 0.3) is 5.69 Å². The van der Waals surface area contributed by atoms with Crippen molar-refractivity contribution in [3.63, 3.8) is 0 Å². The minimum atomic E-state index is -3.61. The number of nitro groups is 1. The van der Waals surface area contributed by atoms with E-state index in [0.717, 1.165) is 0 Å². The summed E-state index contributed by atoms with van der Waals surface area (Å²) in [4.78, 5) is 21.5. The van der Waals surface area contributed by atoms with Crippen LogP contribution in [0.3, 0.4) is 0 Å². The molecule has 0 aliphatic heterocycles. The van der Waals surface area contributed by atoms with Gasteiger partial charge >= 0.3 is 5.97 Å². The van der Waals surface area contributed by atoms with Crippen LogP contribution in [0.2, 0.25) is 0 Å². The third kappa shape index (κ3) is 4.25. The molecule has 0 aliphatic rings. The molecule has 21 heavy (non-hydrogen) atoms. The summed E-state index contributed by atoms with van der Waals surface area (Å²) in [5, 5.41) is 9.94. The van der Waals surface area contributed by atoms with Crippen LogP contribution in [-0.2, 0) is 25.1 Å². The number of esters is 1. The Kier molecular flexibility index (Phi) is 5.42. The highest BCUT2D eigenvalue weighted by molar-refractivity contribution is 7.91. The molecular formula is C13H17NO6S. The minimum Gasteiger partial charge on any atom is -0.469 e. The monoisotopic (exact) mass is 315 g/mol. The standard InChI is InChI=1S/C13H17NO6S/c1-9(7-13(15)20-3)21(18,19)8-11-5-4-6-12(10(11)2)14(16)17/h4-6,9H,7-8H2,1-3H3. The minimum absolute atomic E-state index is 0.122. The first-order valence-corrected chi connectivity index (χ1v) is 7.92. The van der Waals surface area contributed by atoms with E-state index in [0.29, 0.717) is 11.1 Å². The van der Waals surface area contributed by atoms with Gasteiger partial charge < -0.3 is 4.74 Å². The number of rotatable bonds is 6. The first-order valence-electron chi connectivity index (χ1n) is 6.20. The third-order valence-electron chi connectivity index (χ3n) is 3.27. The third-order valence-corrected chi connectivity index (χ3v) is 5.37. The van der Waals surface area contributed by atoms with Crippen LogP contribution in [0.15, 0.2) is 18.2 Å². The van der Waals surface area contributed by atoms with Crippen molar-refractivity contribution in [3.8, 4) is 0 Å². The van der Waals surface area contributed by atoms with Crippen molar-refractivity contribution in [1.82, 2.24) is 0 Å². The number of carbonyl (C=O) groups excluding carboxylic acids is 1. The second-order valence-corrected chi connectivity index (χ2v) is 7.14. The lowest BCUT2D eigenvalue weighted by molar-refractivity contribution is -0.385. The molecule has 0 saturated heterocycles. The largest absolute Gasteiger partial charge is 0.469 e. The van der Waals surface area contributed by atoms with Gasteiger partial charge in [0, 0.05) is 11.6 Å². The molecule has 0 fully saturated rings. The van der Waals surface area contributed by atoms with Gasteiger partial charge in [0.05, 0.1) is 29.5 Å². The number of hydrogen-bond donors (Lipinski definition) is 0. The molecule has 1 unspecified atom stereocenters. The van der Waals surface area contributed by atoms with Crippen molar-refractivity contribution in [1.29, 1.82) is 0 Å². The molecule has 8 heteroatoms. The molecule has 0 amide bonds. The number of methoxy groups -OCH3 is 1. The van der Waals surface area contributed by atoms with Crippen LogP contribution in [0.25, 0.3) is 0 Å². The lowest BCUT2D eigenvalue weighted by atomic mass is 10.1. The number of benzene rings is 1. The molecule has 0 radical (unpaired) electrons. The second-order valence-electron chi connectivity index (χ2n) is 4.72. The van der Waals surface area contributed by atoms with Crippen molar-refractivity contribution in [3.05, 3.63) is 39.4 Å². The Morgan fingerprint density at radius 1 is 1.43 bits per heavy atom. The number of carbonyl (C=O) groups is 1. The zero-order valence-corrected chi connectivity index (χ0v) is 12.8. The van der Waals surface area contributed by atoms with E-state index in [2.05, 4.69) is 4.74 Å². The van der Waals surface area contributed by atoms with Crippen LogP contribution < -0.4 is 0 Å². The molecule has 0 aromatic heterocycles. The van der Waals surface area contributed by atoms with E-state index in [-0.39, 0.29) is 17.9 Å². The van der Waals surface area contributed by atoms with Crippen LogP contribution in [0.1, 0.15) is 24.5 Å². The van der Waals surface area contributed by atoms with E-state index in [4.69, 9.17) is 0 Å². The molecule has 116 valence electrons. The quantitative estimate of drug-likeness (QED) is 0.450. The lowest BCUT2D eigenvalue weighted by Crippen LogP contribution is -2.23. The van der Waals surface area contributed by atoms with Crippen molar-refractivity contribution in [2.45, 2.75) is 31.3 Å². The molecule has 0 N–H and O–H groups in total. The zero-order valence-electron chi connectivity index (χ0n) is 12.0. The van der Waals surface area contributed by atoms with Crippen LogP contribution in [0, 0.1) is 17.0 Å². The van der Waals surface area contributed by atoms with E-state index < -0.39 is 26.0 Å². The molecule has 0 bridgehead atoms. The average molecular weight is 315 g/mol. The summed E-state index contributed by atoms with van der Waals surface area (Å²) < 4.78 is 28.9. The van der Waals surface area contributed by atoms with Crippen LogP contribution in [-0.4, -0.2) is 31.7 Å². The lowest BCUT2D eigenvalue weighted by Gasteiger charge is -2.13. The van der Waals surface area contributed by atoms with Crippen molar-refractivity contribution in [2.24, 2.45) is 0 Å². The van der Waals surface area contributed by atoms with Crippen LogP contribution >= 0.6 is 0 Å². The number of ether oxygens (including phenoxy) is 1. The molecule has 1 aromatic carbocycles. The Morgan fingerprint density at radius 2 is 2.05 bits per heavy atom. The molecule has 0 spiro atoms. The predicted octanol–water partition coefficient (Wildman–Crippen LogP) is 1.77. The van der Waals surface area contributed by atoms with Crippen LogP contribution in [0.5, 0.6) is 0 Å². The topological polar surface area (TPSA) is 104 Å². The molecule has 1 aromatic rings. The maximum absolute atomic E-state index is 12.2. The predicted molar refractivity (Wildman–Crippen MR) is 76.6 cm³/mol. The molecule has 0 aliphatic carbocycles. The smallest absolute Gasteiger partial charge is 0.306 e. The summed E-state index contributed by atoms with van der Waals surface area (Å²) in [5.74, 6) is -0.958. The summed E-state index contributed by atoms with van der Waals surface area (Å²) in [5.41, 5.74) is 0.556. The van der Waals surface area contributed by atoms with Gasteiger partial charge in [-0.05, 0) is 19.4 Å². The fourth-order valence-electron chi connectivity index (χ4n) is 1.83. The van der Waals surface area contributed by atoms with E-state index in [1.54, 1.807) is 0 Å². The van der Waals surface area contributed by atoms with Crippen LogP contribution in [0.4, 0.5) is 5.69 Å². The Labute approximate surface area is 123 Å². The molecule has 1 rings (SSSR count). The maximum Gasteiger partial charge on any atom is 0.306 e. The van der Waals surface area contributed by atoms with Gasteiger partial charge in [0.2, 0.25) is 0 Å². The highest BCUT2D eigenvalue weighted by Crippen LogP contribution is 2.24. The van der Waals surface area contributed by atoms with Crippen molar-refractivity contribution >= 4 is 21.5 Å². The highest BCUT2D eigenvalue weighted by Gasteiger charge is 2.26. The van der Waals surface area contributed by atoms with E-state index in [9.17, 15) is 23.3 Å². The number of nitrogens with zero attached hydrogens (tertiary/aromatic N) is 1. The Balaban J connectivity index is 3.02. The fraction of sp³-hybridized carbons (Fsp3) is 0.462. The SMILES string of the molecule is COC(=O)CC(C)S(=O)(=O)Cc1cccc([N+](=O)[O-])c1C. The van der Waals surface area contributed by atoms with Gasteiger partial charge in [-0.1, -0.05) is 12.1 Å². The summed E-state index contributed by atoms with van der Waals surface area (Å²) in [6.45, 7) is 2.92. The zero-order chi connectivity index (χ0) is 16.2. The Morgan fingerprint density at radius 3 is 2.57 bits per heavy atom. The molecule has 0 heterocycles. The van der Waals surface area contributed by atoms with Gasteiger partial charge in [-0.25, -0.2) is 8.42 Å². The first kappa shape index (κ1) is 17.1. The van der Waals surface area contributed by atoms with E-state index >= 15 is 0 Å². The summed E-state index contributed by atoms with van der Waals surface area (Å²) >= 11 is 0. The van der Waals surface area contributed by atoms with E-state index in [1.807, 2.05) is 0 Å². The van der Waals surface area contributed by atoms with E-state index in [1.165, 1.54) is 39.2 Å². The van der Waals surface area contributed by atoms with Gasteiger partial charge in [-0.2, -0.15) is 0 Å². The molecule has 0 saturated carbocycles. The van der Waals surface area contributed by atoms with Crippen molar-refractivity contribution < 1.29 is 22.9 Å². The molecule has 7 nitrogen and oxygen atoms in total. The Bertz CT molecular complexity index is 653. The highest BCUT2D eigenvalue weighted by atomic mass is 32.2. The summed E-state index contributed by atoms with van der Waals surface area (Å²) in [7, 11) is -2.42.